The second-order valence-electron chi connectivity index (χ2n) is 4.07. The second kappa shape index (κ2) is 5.15. The average molecular weight is 244 g/mol. The van der Waals surface area contributed by atoms with Gasteiger partial charge in [-0.2, -0.15) is 0 Å². The number of aryl methyl sites for hydroxylation is 1. The van der Waals surface area contributed by atoms with Gasteiger partial charge in [0, 0.05) is 22.0 Å². The quantitative estimate of drug-likeness (QED) is 0.642. The van der Waals surface area contributed by atoms with Crippen molar-refractivity contribution in [2.24, 2.45) is 0 Å². The van der Waals surface area contributed by atoms with E-state index in [1.54, 1.807) is 11.8 Å². The lowest BCUT2D eigenvalue weighted by molar-refractivity contribution is 1.34. The molecule has 0 aliphatic rings. The third kappa shape index (κ3) is 3.17. The Balaban J connectivity index is 2.09. The highest BCUT2D eigenvalue weighted by Gasteiger charge is 2.01. The number of anilines is 2. The van der Waals surface area contributed by atoms with E-state index in [0.29, 0.717) is 0 Å². The van der Waals surface area contributed by atoms with E-state index in [0.717, 1.165) is 22.0 Å². The van der Waals surface area contributed by atoms with Crippen molar-refractivity contribution in [2.45, 2.75) is 17.6 Å². The van der Waals surface area contributed by atoms with Crippen LogP contribution in [0.2, 0.25) is 0 Å². The Labute approximate surface area is 106 Å². The summed E-state index contributed by atoms with van der Waals surface area (Å²) in [4.78, 5) is 1.13. The van der Waals surface area contributed by atoms with E-state index in [4.69, 9.17) is 11.5 Å². The molecule has 0 amide bonds. The molecule has 0 heterocycles. The second-order valence-corrected chi connectivity index (χ2v) is 5.09. The number of hydrogen-bond donors (Lipinski definition) is 2. The topological polar surface area (TPSA) is 52.0 Å². The molecule has 0 aliphatic heterocycles. The first kappa shape index (κ1) is 11.9. The van der Waals surface area contributed by atoms with Crippen molar-refractivity contribution in [1.82, 2.24) is 0 Å². The zero-order valence-electron chi connectivity index (χ0n) is 9.81. The Morgan fingerprint density at radius 3 is 2.65 bits per heavy atom. The van der Waals surface area contributed by atoms with Crippen LogP contribution >= 0.6 is 11.8 Å². The highest BCUT2D eigenvalue weighted by molar-refractivity contribution is 7.98. The molecular weight excluding hydrogens is 228 g/mol. The van der Waals surface area contributed by atoms with Gasteiger partial charge in [0.25, 0.3) is 0 Å². The van der Waals surface area contributed by atoms with E-state index >= 15 is 0 Å². The summed E-state index contributed by atoms with van der Waals surface area (Å²) in [6, 6.07) is 14.1. The fraction of sp³-hybridized carbons (Fsp3) is 0.143. The molecule has 3 heteroatoms. The number of benzene rings is 2. The Morgan fingerprint density at radius 1 is 1.06 bits per heavy atom. The van der Waals surface area contributed by atoms with Crippen LogP contribution in [0.5, 0.6) is 0 Å². The lowest BCUT2D eigenvalue weighted by atomic mass is 10.2. The van der Waals surface area contributed by atoms with Crippen molar-refractivity contribution in [2.75, 3.05) is 11.5 Å². The van der Waals surface area contributed by atoms with Gasteiger partial charge in [0.05, 0.1) is 0 Å². The van der Waals surface area contributed by atoms with Crippen molar-refractivity contribution >= 4 is 23.1 Å². The van der Waals surface area contributed by atoms with Crippen LogP contribution in [-0.4, -0.2) is 0 Å². The Morgan fingerprint density at radius 2 is 1.88 bits per heavy atom. The predicted molar refractivity (Wildman–Crippen MR) is 76.0 cm³/mol. The molecule has 0 aliphatic carbocycles. The van der Waals surface area contributed by atoms with Crippen molar-refractivity contribution in [3.8, 4) is 0 Å². The van der Waals surface area contributed by atoms with E-state index in [9.17, 15) is 0 Å². The van der Waals surface area contributed by atoms with Crippen molar-refractivity contribution in [1.29, 1.82) is 0 Å². The lowest BCUT2D eigenvalue weighted by Crippen LogP contribution is -1.90. The summed E-state index contributed by atoms with van der Waals surface area (Å²) in [6.45, 7) is 2.07. The van der Waals surface area contributed by atoms with E-state index in [1.165, 1.54) is 11.1 Å². The van der Waals surface area contributed by atoms with Gasteiger partial charge in [-0.1, -0.05) is 18.2 Å². The van der Waals surface area contributed by atoms with Gasteiger partial charge in [0.15, 0.2) is 0 Å². The summed E-state index contributed by atoms with van der Waals surface area (Å²) >= 11 is 1.74. The van der Waals surface area contributed by atoms with Gasteiger partial charge in [-0.05, 0) is 42.3 Å². The molecule has 2 aromatic carbocycles. The summed E-state index contributed by atoms with van der Waals surface area (Å²) < 4.78 is 0. The van der Waals surface area contributed by atoms with Gasteiger partial charge < -0.3 is 11.5 Å². The summed E-state index contributed by atoms with van der Waals surface area (Å²) in [5.74, 6) is 0.888. The zero-order valence-corrected chi connectivity index (χ0v) is 10.6. The highest BCUT2D eigenvalue weighted by Crippen LogP contribution is 2.29. The van der Waals surface area contributed by atoms with Gasteiger partial charge in [-0.3, -0.25) is 0 Å². The molecule has 2 rings (SSSR count). The van der Waals surface area contributed by atoms with Gasteiger partial charge in [0.1, 0.15) is 0 Å². The predicted octanol–water partition coefficient (Wildman–Crippen LogP) is 3.45. The van der Waals surface area contributed by atoms with Crippen LogP contribution in [-0.2, 0) is 5.75 Å². The molecule has 0 saturated heterocycles. The monoisotopic (exact) mass is 244 g/mol. The maximum absolute atomic E-state index is 5.94. The molecule has 2 aromatic rings. The van der Waals surface area contributed by atoms with Crippen LogP contribution in [0.3, 0.4) is 0 Å². The van der Waals surface area contributed by atoms with Crippen LogP contribution in [0.25, 0.3) is 0 Å². The Hall–Kier alpha value is -1.61. The molecular formula is C14H16N2S. The minimum Gasteiger partial charge on any atom is -0.399 e. The fourth-order valence-corrected chi connectivity index (χ4v) is 2.62. The molecule has 0 atom stereocenters. The molecule has 0 fully saturated rings. The first-order chi connectivity index (χ1) is 8.15. The van der Waals surface area contributed by atoms with Crippen LogP contribution in [0, 0.1) is 6.92 Å². The molecule has 2 nitrogen and oxygen atoms in total. The smallest absolute Gasteiger partial charge is 0.0452 e. The number of hydrogen-bond acceptors (Lipinski definition) is 3. The molecule has 88 valence electrons. The number of rotatable bonds is 3. The molecule has 0 saturated carbocycles. The molecule has 17 heavy (non-hydrogen) atoms. The normalized spacial score (nSPS) is 10.4. The average Bonchev–Trinajstić information content (AvgIpc) is 2.30. The van der Waals surface area contributed by atoms with Gasteiger partial charge in [0.2, 0.25) is 0 Å². The molecule has 0 aromatic heterocycles. The van der Waals surface area contributed by atoms with Crippen LogP contribution < -0.4 is 11.5 Å². The van der Waals surface area contributed by atoms with E-state index in [1.807, 2.05) is 30.3 Å². The molecule has 4 N–H and O–H groups in total. The number of nitrogens with two attached hydrogens (primary N) is 2. The van der Waals surface area contributed by atoms with Crippen LogP contribution in [0.1, 0.15) is 11.1 Å². The van der Waals surface area contributed by atoms with E-state index < -0.39 is 0 Å². The van der Waals surface area contributed by atoms with Crippen molar-refractivity contribution < 1.29 is 0 Å². The summed E-state index contributed by atoms with van der Waals surface area (Å²) in [5, 5.41) is 0. The minimum atomic E-state index is 0.806. The molecule has 0 bridgehead atoms. The van der Waals surface area contributed by atoms with Crippen LogP contribution in [0.4, 0.5) is 11.4 Å². The summed E-state index contributed by atoms with van der Waals surface area (Å²) in [7, 11) is 0. The van der Waals surface area contributed by atoms with E-state index in [-0.39, 0.29) is 0 Å². The van der Waals surface area contributed by atoms with Gasteiger partial charge in [-0.25, -0.2) is 0 Å². The third-order valence-corrected chi connectivity index (χ3v) is 3.66. The number of thioether (sulfide) groups is 1. The third-order valence-electron chi connectivity index (χ3n) is 2.51. The summed E-state index contributed by atoms with van der Waals surface area (Å²) in [5.41, 5.74) is 15.8. The van der Waals surface area contributed by atoms with Crippen molar-refractivity contribution in [3.63, 3.8) is 0 Å². The molecule has 0 unspecified atom stereocenters. The minimum absolute atomic E-state index is 0.806. The summed E-state index contributed by atoms with van der Waals surface area (Å²) in [6.07, 6.45) is 0. The first-order valence-corrected chi connectivity index (χ1v) is 6.47. The standard InChI is InChI=1S/C14H16N2S/c1-10-5-6-13(16)14(7-10)17-9-11-3-2-4-12(15)8-11/h2-8H,9,15-16H2,1H3. The Kier molecular flexibility index (Phi) is 3.59. The van der Waals surface area contributed by atoms with E-state index in [2.05, 4.69) is 19.1 Å². The highest BCUT2D eigenvalue weighted by atomic mass is 32.2. The molecule has 0 spiro atoms. The zero-order chi connectivity index (χ0) is 12.3. The lowest BCUT2D eigenvalue weighted by Gasteiger charge is -2.07. The SMILES string of the molecule is Cc1ccc(N)c(SCc2cccc(N)c2)c1. The largest absolute Gasteiger partial charge is 0.399 e. The number of nitrogen functional groups attached to an aromatic ring is 2. The molecule has 0 radical (unpaired) electrons. The first-order valence-electron chi connectivity index (χ1n) is 5.48. The van der Waals surface area contributed by atoms with Gasteiger partial charge in [-0.15, -0.1) is 11.8 Å². The maximum Gasteiger partial charge on any atom is 0.0452 e. The van der Waals surface area contributed by atoms with Crippen LogP contribution in [0.15, 0.2) is 47.4 Å². The maximum atomic E-state index is 5.94. The fourth-order valence-electron chi connectivity index (χ4n) is 1.61. The van der Waals surface area contributed by atoms with Gasteiger partial charge >= 0.3 is 0 Å². The van der Waals surface area contributed by atoms with Crippen molar-refractivity contribution in [3.05, 3.63) is 53.6 Å². The Bertz CT molecular complexity index is 523.